The van der Waals surface area contributed by atoms with Gasteiger partial charge < -0.3 is 4.74 Å². The van der Waals surface area contributed by atoms with Crippen LogP contribution in [0.5, 0.6) is 0 Å². The number of rotatable bonds is 5. The number of amides is 1. The lowest BCUT2D eigenvalue weighted by Gasteiger charge is -2.08. The fourth-order valence-corrected chi connectivity index (χ4v) is 2.23. The van der Waals surface area contributed by atoms with E-state index in [0.717, 1.165) is 15.9 Å². The van der Waals surface area contributed by atoms with E-state index in [1.807, 2.05) is 31.2 Å². The molecule has 0 spiro atoms. The van der Waals surface area contributed by atoms with E-state index in [1.54, 1.807) is 11.6 Å². The van der Waals surface area contributed by atoms with Gasteiger partial charge in [-0.3, -0.25) is 15.0 Å². The number of hydrogen-bond donors (Lipinski definition) is 1. The molecule has 1 aromatic carbocycles. The van der Waals surface area contributed by atoms with Crippen molar-refractivity contribution >= 4 is 16.9 Å². The van der Waals surface area contributed by atoms with Crippen molar-refractivity contribution in [3.63, 3.8) is 0 Å². The van der Waals surface area contributed by atoms with Crippen LogP contribution in [0.1, 0.15) is 12.5 Å². The van der Waals surface area contributed by atoms with Crippen molar-refractivity contribution in [3.8, 4) is 5.69 Å². The third kappa shape index (κ3) is 3.04. The lowest BCUT2D eigenvalue weighted by molar-refractivity contribution is -0.121. The van der Waals surface area contributed by atoms with Gasteiger partial charge >= 0.3 is 0 Å². The number of aromatic nitrogens is 4. The summed E-state index contributed by atoms with van der Waals surface area (Å²) in [5, 5.41) is 4.54. The van der Waals surface area contributed by atoms with Crippen LogP contribution >= 0.6 is 0 Å². The van der Waals surface area contributed by atoms with Crippen LogP contribution in [0.25, 0.3) is 16.7 Å². The average Bonchev–Trinajstić information content (AvgIpc) is 3.01. The highest BCUT2D eigenvalue weighted by Crippen LogP contribution is 2.13. The highest BCUT2D eigenvalue weighted by atomic mass is 16.5. The van der Waals surface area contributed by atoms with Crippen molar-refractivity contribution in [1.82, 2.24) is 19.4 Å². The number of aryl methyl sites for hydroxylation is 1. The molecule has 0 radical (unpaired) electrons. The van der Waals surface area contributed by atoms with E-state index in [4.69, 9.17) is 4.74 Å². The molecule has 0 bridgehead atoms. The maximum atomic E-state index is 12.5. The van der Waals surface area contributed by atoms with Crippen LogP contribution in [-0.2, 0) is 9.53 Å². The van der Waals surface area contributed by atoms with E-state index >= 15 is 0 Å². The summed E-state index contributed by atoms with van der Waals surface area (Å²) in [4.78, 5) is 28.4. The molecule has 2 aromatic heterocycles. The highest BCUT2D eigenvalue weighted by Gasteiger charge is 2.12. The number of ether oxygens (including phenoxy) is 1. The first-order valence-corrected chi connectivity index (χ1v) is 7.50. The molecule has 3 aromatic rings. The van der Waals surface area contributed by atoms with Crippen molar-refractivity contribution in [3.05, 3.63) is 52.7 Å². The molecule has 1 N–H and O–H groups in total. The Hall–Kier alpha value is -3.00. The molecule has 0 atom stereocenters. The number of benzene rings is 1. The molecule has 124 valence electrons. The second-order valence-electron chi connectivity index (χ2n) is 5.22. The Morgan fingerprint density at radius 3 is 2.75 bits per heavy atom. The van der Waals surface area contributed by atoms with Gasteiger partial charge in [-0.15, -0.1) is 0 Å². The highest BCUT2D eigenvalue weighted by molar-refractivity contribution is 5.85. The summed E-state index contributed by atoms with van der Waals surface area (Å²) in [5.74, 6) is -0.425. The number of fused-ring (bicyclic) bond motifs is 1. The van der Waals surface area contributed by atoms with E-state index in [0.29, 0.717) is 17.6 Å². The molecule has 0 aliphatic carbocycles. The summed E-state index contributed by atoms with van der Waals surface area (Å²) in [6.07, 6.45) is 2.70. The fraction of sp³-hybridized carbons (Fsp3) is 0.250. The van der Waals surface area contributed by atoms with E-state index in [9.17, 15) is 9.59 Å². The summed E-state index contributed by atoms with van der Waals surface area (Å²) in [6.45, 7) is 4.08. The number of hydrogen-bond acceptors (Lipinski definition) is 5. The molecule has 2 heterocycles. The molecule has 8 nitrogen and oxygen atoms in total. The zero-order valence-electron chi connectivity index (χ0n) is 13.4. The second kappa shape index (κ2) is 6.63. The Balaban J connectivity index is 1.95. The molecule has 24 heavy (non-hydrogen) atoms. The van der Waals surface area contributed by atoms with E-state index in [1.165, 1.54) is 12.5 Å². The van der Waals surface area contributed by atoms with Crippen molar-refractivity contribution in [2.75, 3.05) is 18.6 Å². The first-order valence-electron chi connectivity index (χ1n) is 7.50. The van der Waals surface area contributed by atoms with Crippen LogP contribution < -0.4 is 11.0 Å². The van der Waals surface area contributed by atoms with Gasteiger partial charge in [0.05, 0.1) is 11.9 Å². The van der Waals surface area contributed by atoms with E-state index in [-0.39, 0.29) is 6.61 Å². The summed E-state index contributed by atoms with van der Waals surface area (Å²) in [6, 6.07) is 7.72. The van der Waals surface area contributed by atoms with Gasteiger partial charge in [0.2, 0.25) is 0 Å². The predicted octanol–water partition coefficient (Wildman–Crippen LogP) is 0.997. The molecule has 0 saturated heterocycles. The van der Waals surface area contributed by atoms with Gasteiger partial charge in [-0.2, -0.15) is 5.10 Å². The predicted molar refractivity (Wildman–Crippen MR) is 88.7 cm³/mol. The third-order valence-electron chi connectivity index (χ3n) is 3.45. The fourth-order valence-electron chi connectivity index (χ4n) is 2.23. The molecule has 0 aliphatic heterocycles. The van der Waals surface area contributed by atoms with Crippen molar-refractivity contribution < 1.29 is 9.53 Å². The minimum atomic E-state index is -0.425. The maximum absolute atomic E-state index is 12.5. The zero-order valence-corrected chi connectivity index (χ0v) is 13.4. The Labute approximate surface area is 137 Å². The maximum Gasteiger partial charge on any atom is 0.283 e. The SMILES string of the molecule is CCOCC(=O)Nn1cnc2c(cnn2-c2ccc(C)cc2)c1=O. The summed E-state index contributed by atoms with van der Waals surface area (Å²) in [7, 11) is 0. The van der Waals surface area contributed by atoms with Gasteiger partial charge in [0, 0.05) is 6.61 Å². The second-order valence-corrected chi connectivity index (χ2v) is 5.22. The Bertz CT molecular complexity index is 927. The van der Waals surface area contributed by atoms with Gasteiger partial charge in [0.1, 0.15) is 18.3 Å². The largest absolute Gasteiger partial charge is 0.372 e. The van der Waals surface area contributed by atoms with Crippen molar-refractivity contribution in [2.45, 2.75) is 13.8 Å². The molecule has 3 rings (SSSR count). The lowest BCUT2D eigenvalue weighted by Crippen LogP contribution is -2.35. The van der Waals surface area contributed by atoms with Gasteiger partial charge in [0.15, 0.2) is 5.65 Å². The molecular weight excluding hydrogens is 310 g/mol. The molecular formula is C16H17N5O3. The van der Waals surface area contributed by atoms with Crippen LogP contribution in [-0.4, -0.2) is 38.6 Å². The average molecular weight is 327 g/mol. The Morgan fingerprint density at radius 1 is 1.29 bits per heavy atom. The minimum Gasteiger partial charge on any atom is -0.372 e. The van der Waals surface area contributed by atoms with Gasteiger partial charge in [-0.1, -0.05) is 17.7 Å². The van der Waals surface area contributed by atoms with Crippen molar-refractivity contribution in [2.24, 2.45) is 0 Å². The summed E-state index contributed by atoms with van der Waals surface area (Å²) in [5.41, 5.74) is 4.40. The van der Waals surface area contributed by atoms with Crippen LogP contribution in [0.2, 0.25) is 0 Å². The van der Waals surface area contributed by atoms with Crippen LogP contribution in [0, 0.1) is 6.92 Å². The molecule has 0 unspecified atom stereocenters. The topological polar surface area (TPSA) is 91.0 Å². The summed E-state index contributed by atoms with van der Waals surface area (Å²) < 4.78 is 7.62. The van der Waals surface area contributed by atoms with Crippen LogP contribution in [0.15, 0.2) is 41.6 Å². The zero-order chi connectivity index (χ0) is 17.1. The quantitative estimate of drug-likeness (QED) is 0.755. The first-order chi connectivity index (χ1) is 11.6. The minimum absolute atomic E-state index is 0.121. The molecule has 1 amide bonds. The molecule has 8 heteroatoms. The van der Waals surface area contributed by atoms with Crippen LogP contribution in [0.3, 0.4) is 0 Å². The Morgan fingerprint density at radius 2 is 2.04 bits per heavy atom. The molecule has 0 aliphatic rings. The Kier molecular flexibility index (Phi) is 4.39. The van der Waals surface area contributed by atoms with Crippen LogP contribution in [0.4, 0.5) is 0 Å². The van der Waals surface area contributed by atoms with Gasteiger partial charge in [0.25, 0.3) is 11.5 Å². The summed E-state index contributed by atoms with van der Waals surface area (Å²) >= 11 is 0. The third-order valence-corrected chi connectivity index (χ3v) is 3.45. The van der Waals surface area contributed by atoms with Gasteiger partial charge in [-0.05, 0) is 26.0 Å². The van der Waals surface area contributed by atoms with E-state index in [2.05, 4.69) is 15.5 Å². The monoisotopic (exact) mass is 327 g/mol. The first kappa shape index (κ1) is 15.9. The normalized spacial score (nSPS) is 10.9. The number of carbonyl (C=O) groups is 1. The van der Waals surface area contributed by atoms with Crippen molar-refractivity contribution in [1.29, 1.82) is 0 Å². The standard InChI is InChI=1S/C16H17N5O3/c1-3-24-9-14(22)19-20-10-17-15-13(16(20)23)8-18-21(15)12-6-4-11(2)5-7-12/h4-8,10H,3,9H2,1-2H3,(H,19,22). The van der Waals surface area contributed by atoms with Gasteiger partial charge in [-0.25, -0.2) is 14.3 Å². The molecule has 0 fully saturated rings. The number of nitrogens with zero attached hydrogens (tertiary/aromatic N) is 4. The number of nitrogens with one attached hydrogen (secondary N) is 1. The smallest absolute Gasteiger partial charge is 0.283 e. The molecule has 0 saturated carbocycles. The lowest BCUT2D eigenvalue weighted by atomic mass is 10.2. The number of carbonyl (C=O) groups excluding carboxylic acids is 1. The van der Waals surface area contributed by atoms with E-state index < -0.39 is 11.5 Å².